The SMILES string of the molecule is CCCCCCCCCCCCSc1ccc(C(=O)Nc2cc(C(=O)NCCSC)ccc2SC)cc1. The molecule has 7 heteroatoms. The fraction of sp³-hybridized carbons (Fsp3) is 0.533. The van der Waals surface area contributed by atoms with Crippen LogP contribution >= 0.6 is 35.3 Å². The van der Waals surface area contributed by atoms with Gasteiger partial charge in [0.2, 0.25) is 0 Å². The molecule has 37 heavy (non-hydrogen) atoms. The van der Waals surface area contributed by atoms with E-state index in [0.29, 0.717) is 23.4 Å². The van der Waals surface area contributed by atoms with Crippen LogP contribution in [0.2, 0.25) is 0 Å². The molecular formula is C30H44N2O2S3. The number of amides is 2. The summed E-state index contributed by atoms with van der Waals surface area (Å²) in [6.07, 6.45) is 17.5. The number of unbranched alkanes of at least 4 members (excludes halogenated alkanes) is 9. The van der Waals surface area contributed by atoms with Gasteiger partial charge in [0.05, 0.1) is 5.69 Å². The summed E-state index contributed by atoms with van der Waals surface area (Å²) in [5.41, 5.74) is 1.83. The molecule has 0 unspecified atom stereocenters. The van der Waals surface area contributed by atoms with Crippen molar-refractivity contribution in [3.8, 4) is 0 Å². The molecule has 4 nitrogen and oxygen atoms in total. The average Bonchev–Trinajstić information content (AvgIpc) is 2.92. The summed E-state index contributed by atoms with van der Waals surface area (Å²) >= 11 is 5.09. The number of rotatable bonds is 19. The monoisotopic (exact) mass is 560 g/mol. The Morgan fingerprint density at radius 2 is 1.35 bits per heavy atom. The molecule has 204 valence electrons. The molecule has 0 fully saturated rings. The normalized spacial score (nSPS) is 10.9. The predicted octanol–water partition coefficient (Wildman–Crippen LogP) is 8.77. The zero-order chi connectivity index (χ0) is 26.7. The third kappa shape index (κ3) is 12.7. The smallest absolute Gasteiger partial charge is 0.255 e. The quantitative estimate of drug-likeness (QED) is 0.133. The number of hydrogen-bond acceptors (Lipinski definition) is 5. The van der Waals surface area contributed by atoms with E-state index in [9.17, 15) is 9.59 Å². The van der Waals surface area contributed by atoms with Crippen molar-refractivity contribution in [3.63, 3.8) is 0 Å². The van der Waals surface area contributed by atoms with Crippen LogP contribution in [0.3, 0.4) is 0 Å². The first-order valence-electron chi connectivity index (χ1n) is 13.6. The van der Waals surface area contributed by atoms with E-state index in [1.54, 1.807) is 35.7 Å². The largest absolute Gasteiger partial charge is 0.351 e. The summed E-state index contributed by atoms with van der Waals surface area (Å²) in [6.45, 7) is 2.89. The van der Waals surface area contributed by atoms with Crippen molar-refractivity contribution in [2.24, 2.45) is 0 Å². The minimum atomic E-state index is -0.165. The highest BCUT2D eigenvalue weighted by Crippen LogP contribution is 2.27. The lowest BCUT2D eigenvalue weighted by molar-refractivity contribution is 0.0954. The van der Waals surface area contributed by atoms with Crippen molar-refractivity contribution in [2.75, 3.05) is 35.9 Å². The van der Waals surface area contributed by atoms with Gasteiger partial charge in [-0.2, -0.15) is 11.8 Å². The van der Waals surface area contributed by atoms with E-state index in [0.717, 1.165) is 16.4 Å². The Morgan fingerprint density at radius 1 is 0.730 bits per heavy atom. The molecule has 0 aliphatic heterocycles. The molecule has 2 amide bonds. The van der Waals surface area contributed by atoms with Crippen molar-refractivity contribution < 1.29 is 9.59 Å². The Bertz CT molecular complexity index is 935. The number of carbonyl (C=O) groups excluding carboxylic acids is 2. The molecular weight excluding hydrogens is 517 g/mol. The minimum Gasteiger partial charge on any atom is -0.351 e. The lowest BCUT2D eigenvalue weighted by atomic mass is 10.1. The van der Waals surface area contributed by atoms with Gasteiger partial charge in [-0.05, 0) is 67.1 Å². The molecule has 2 N–H and O–H groups in total. The molecule has 2 aromatic rings. The van der Waals surface area contributed by atoms with Crippen LogP contribution in [-0.4, -0.2) is 42.4 Å². The maximum absolute atomic E-state index is 12.9. The van der Waals surface area contributed by atoms with Crippen LogP contribution in [0, 0.1) is 0 Å². The van der Waals surface area contributed by atoms with Gasteiger partial charge >= 0.3 is 0 Å². The van der Waals surface area contributed by atoms with Crippen molar-refractivity contribution in [1.29, 1.82) is 0 Å². The van der Waals surface area contributed by atoms with Crippen molar-refractivity contribution >= 4 is 52.8 Å². The molecule has 0 aliphatic rings. The van der Waals surface area contributed by atoms with Crippen LogP contribution in [0.5, 0.6) is 0 Å². The first kappa shape index (κ1) is 31.6. The Hall–Kier alpha value is -1.57. The lowest BCUT2D eigenvalue weighted by Crippen LogP contribution is -2.25. The molecule has 2 rings (SSSR count). The van der Waals surface area contributed by atoms with E-state index in [1.165, 1.54) is 69.1 Å². The Balaban J connectivity index is 1.76. The number of thioether (sulfide) groups is 3. The van der Waals surface area contributed by atoms with Gasteiger partial charge in [0.1, 0.15) is 0 Å². The minimum absolute atomic E-state index is 0.124. The van der Waals surface area contributed by atoms with Gasteiger partial charge in [-0.1, -0.05) is 64.7 Å². The zero-order valence-electron chi connectivity index (χ0n) is 22.8. The van der Waals surface area contributed by atoms with Crippen LogP contribution in [0.1, 0.15) is 91.8 Å². The van der Waals surface area contributed by atoms with E-state index in [-0.39, 0.29) is 11.8 Å². The van der Waals surface area contributed by atoms with Gasteiger partial charge in [0.15, 0.2) is 0 Å². The van der Waals surface area contributed by atoms with Crippen molar-refractivity contribution in [2.45, 2.75) is 80.9 Å². The van der Waals surface area contributed by atoms with Gasteiger partial charge in [0, 0.05) is 33.2 Å². The van der Waals surface area contributed by atoms with Crippen LogP contribution in [0.25, 0.3) is 0 Å². The van der Waals surface area contributed by atoms with Crippen LogP contribution in [-0.2, 0) is 0 Å². The van der Waals surface area contributed by atoms with Gasteiger partial charge in [-0.25, -0.2) is 0 Å². The highest BCUT2D eigenvalue weighted by atomic mass is 32.2. The maximum atomic E-state index is 12.9. The van der Waals surface area contributed by atoms with Crippen LogP contribution < -0.4 is 10.6 Å². The lowest BCUT2D eigenvalue weighted by Gasteiger charge is -2.12. The Kier molecular flexibility index (Phi) is 16.7. The first-order valence-corrected chi connectivity index (χ1v) is 17.2. The van der Waals surface area contributed by atoms with Crippen molar-refractivity contribution in [1.82, 2.24) is 5.32 Å². The van der Waals surface area contributed by atoms with E-state index < -0.39 is 0 Å². The summed E-state index contributed by atoms with van der Waals surface area (Å²) in [7, 11) is 0. The number of anilines is 1. The first-order chi connectivity index (χ1) is 18.1. The number of carbonyl (C=O) groups is 2. The summed E-state index contributed by atoms with van der Waals surface area (Å²) in [5, 5.41) is 5.92. The molecule has 0 aromatic heterocycles. The molecule has 0 atom stereocenters. The topological polar surface area (TPSA) is 58.2 Å². The van der Waals surface area contributed by atoms with Gasteiger partial charge in [-0.15, -0.1) is 23.5 Å². The molecule has 0 aliphatic carbocycles. The molecule has 0 bridgehead atoms. The third-order valence-electron chi connectivity index (χ3n) is 6.18. The van der Waals surface area contributed by atoms with E-state index in [2.05, 4.69) is 17.6 Å². The fourth-order valence-corrected chi connectivity index (χ4v) is 5.75. The highest BCUT2D eigenvalue weighted by molar-refractivity contribution is 7.99. The molecule has 0 saturated heterocycles. The Labute approximate surface area is 237 Å². The summed E-state index contributed by atoms with van der Waals surface area (Å²) in [6, 6.07) is 13.3. The molecule has 0 radical (unpaired) electrons. The van der Waals surface area contributed by atoms with Gasteiger partial charge in [-0.3, -0.25) is 9.59 Å². The third-order valence-corrected chi connectivity index (χ3v) is 8.69. The van der Waals surface area contributed by atoms with E-state index >= 15 is 0 Å². The van der Waals surface area contributed by atoms with Crippen molar-refractivity contribution in [3.05, 3.63) is 53.6 Å². The zero-order valence-corrected chi connectivity index (χ0v) is 25.2. The predicted molar refractivity (Wildman–Crippen MR) is 166 cm³/mol. The van der Waals surface area contributed by atoms with Crippen LogP contribution in [0.15, 0.2) is 52.3 Å². The summed E-state index contributed by atoms with van der Waals surface area (Å²) in [4.78, 5) is 27.5. The number of benzene rings is 2. The molecule has 2 aromatic carbocycles. The van der Waals surface area contributed by atoms with Gasteiger partial charge in [0.25, 0.3) is 11.8 Å². The molecule has 0 heterocycles. The second-order valence-corrected chi connectivity index (χ2v) is 12.2. The standard InChI is InChI=1S/C30H44N2O2S3/c1-4-5-6-7-8-9-10-11-12-13-21-37-26-17-14-24(15-18-26)30(34)32-27-23-25(16-19-28(27)36-3)29(33)31-20-22-35-2/h14-19,23H,4-13,20-22H2,1-3H3,(H,31,33)(H,32,34). The fourth-order valence-electron chi connectivity index (χ4n) is 3.99. The van der Waals surface area contributed by atoms with Crippen LogP contribution in [0.4, 0.5) is 5.69 Å². The number of nitrogens with one attached hydrogen (secondary N) is 2. The highest BCUT2D eigenvalue weighted by Gasteiger charge is 2.13. The average molecular weight is 561 g/mol. The molecule has 0 spiro atoms. The summed E-state index contributed by atoms with van der Waals surface area (Å²) in [5.74, 6) is 1.69. The Morgan fingerprint density at radius 3 is 1.97 bits per heavy atom. The van der Waals surface area contributed by atoms with E-state index in [1.807, 2.05) is 54.6 Å². The second kappa shape index (κ2) is 19.5. The van der Waals surface area contributed by atoms with Gasteiger partial charge < -0.3 is 10.6 Å². The number of hydrogen-bond donors (Lipinski definition) is 2. The summed E-state index contributed by atoms with van der Waals surface area (Å²) < 4.78 is 0. The van der Waals surface area contributed by atoms with E-state index in [4.69, 9.17) is 0 Å². The second-order valence-electron chi connectivity index (χ2n) is 9.17. The maximum Gasteiger partial charge on any atom is 0.255 e. The molecule has 0 saturated carbocycles.